The molecule has 0 saturated heterocycles. The Hall–Kier alpha value is -3.52. The van der Waals surface area contributed by atoms with Gasteiger partial charge in [0.25, 0.3) is 11.8 Å². The molecule has 2 heterocycles. The van der Waals surface area contributed by atoms with Crippen molar-refractivity contribution in [3.05, 3.63) is 66.0 Å². The third kappa shape index (κ3) is 5.09. The number of nitrogens with zero attached hydrogens (tertiary/aromatic N) is 2. The van der Waals surface area contributed by atoms with Crippen LogP contribution >= 0.6 is 0 Å². The number of aromatic nitrogens is 2. The Morgan fingerprint density at radius 3 is 2.60 bits per heavy atom. The normalized spacial score (nSPS) is 13.6. The first-order valence-electron chi connectivity index (χ1n) is 9.52. The molecule has 0 saturated carbocycles. The number of benzene rings is 2. The Morgan fingerprint density at radius 2 is 1.87 bits per heavy atom. The number of halogens is 1. The fraction of sp³-hybridized carbons (Fsp3) is 0.227. The highest BCUT2D eigenvalue weighted by molar-refractivity contribution is 5.77. The number of hydrogen-bond donors (Lipinski definition) is 1. The van der Waals surface area contributed by atoms with Crippen molar-refractivity contribution in [3.63, 3.8) is 0 Å². The van der Waals surface area contributed by atoms with Gasteiger partial charge in [0.2, 0.25) is 5.82 Å². The van der Waals surface area contributed by atoms with Crippen LogP contribution in [-0.2, 0) is 9.53 Å². The molecule has 3 aromatic rings. The molecule has 7 nitrogen and oxygen atoms in total. The number of hydrogen-bond acceptors (Lipinski definition) is 6. The monoisotopic (exact) mass is 409 g/mol. The Labute approximate surface area is 172 Å². The second kappa shape index (κ2) is 9.32. The van der Waals surface area contributed by atoms with Crippen LogP contribution in [0.15, 0.2) is 64.7 Å². The summed E-state index contributed by atoms with van der Waals surface area (Å²) in [6, 6.07) is 12.8. The van der Waals surface area contributed by atoms with Crippen molar-refractivity contribution in [3.8, 4) is 28.6 Å². The zero-order valence-electron chi connectivity index (χ0n) is 16.1. The van der Waals surface area contributed by atoms with Gasteiger partial charge in [0.05, 0.1) is 13.2 Å². The average Bonchev–Trinajstić information content (AvgIpc) is 3.28. The van der Waals surface area contributed by atoms with Crippen LogP contribution in [0.1, 0.15) is 6.42 Å². The van der Waals surface area contributed by atoms with Crippen LogP contribution in [-0.4, -0.2) is 42.4 Å². The Balaban J connectivity index is 1.30. The van der Waals surface area contributed by atoms with Gasteiger partial charge in [-0.1, -0.05) is 16.8 Å². The van der Waals surface area contributed by atoms with Crippen LogP contribution < -0.4 is 10.1 Å². The highest BCUT2D eigenvalue weighted by atomic mass is 19.1. The molecule has 154 valence electrons. The molecule has 0 spiro atoms. The lowest BCUT2D eigenvalue weighted by atomic mass is 10.1. The second-order valence-corrected chi connectivity index (χ2v) is 6.71. The van der Waals surface area contributed by atoms with E-state index < -0.39 is 0 Å². The summed E-state index contributed by atoms with van der Waals surface area (Å²) in [6.45, 7) is 1.73. The first kappa shape index (κ1) is 19.8. The van der Waals surface area contributed by atoms with Gasteiger partial charge in [-0.15, -0.1) is 0 Å². The van der Waals surface area contributed by atoms with E-state index in [0.29, 0.717) is 48.4 Å². The van der Waals surface area contributed by atoms with Crippen LogP contribution in [0, 0.1) is 5.82 Å². The van der Waals surface area contributed by atoms with E-state index in [1.807, 2.05) is 6.08 Å². The Kier molecular flexibility index (Phi) is 6.14. The summed E-state index contributed by atoms with van der Waals surface area (Å²) in [6.07, 6.45) is 2.82. The van der Waals surface area contributed by atoms with Gasteiger partial charge in [0, 0.05) is 17.7 Å². The molecule has 0 aliphatic carbocycles. The number of amides is 1. The molecule has 1 N–H and O–H groups in total. The highest BCUT2D eigenvalue weighted by Crippen LogP contribution is 2.24. The van der Waals surface area contributed by atoms with Crippen molar-refractivity contribution in [1.29, 1.82) is 0 Å². The molecule has 0 fully saturated rings. The molecule has 1 amide bonds. The van der Waals surface area contributed by atoms with Gasteiger partial charge in [0.15, 0.2) is 6.61 Å². The van der Waals surface area contributed by atoms with Crippen LogP contribution in [0.3, 0.4) is 0 Å². The van der Waals surface area contributed by atoms with Gasteiger partial charge >= 0.3 is 0 Å². The Bertz CT molecular complexity index is 1030. The molecule has 0 unspecified atom stereocenters. The zero-order valence-corrected chi connectivity index (χ0v) is 16.1. The smallest absolute Gasteiger partial charge is 0.258 e. The maximum Gasteiger partial charge on any atom is 0.258 e. The van der Waals surface area contributed by atoms with Crippen molar-refractivity contribution in [2.75, 3.05) is 26.4 Å². The van der Waals surface area contributed by atoms with Gasteiger partial charge < -0.3 is 19.3 Å². The summed E-state index contributed by atoms with van der Waals surface area (Å²) >= 11 is 0. The minimum Gasteiger partial charge on any atom is -0.484 e. The molecule has 0 radical (unpaired) electrons. The Morgan fingerprint density at radius 1 is 1.10 bits per heavy atom. The van der Waals surface area contributed by atoms with E-state index in [-0.39, 0.29) is 18.3 Å². The number of ether oxygens (including phenoxy) is 2. The summed E-state index contributed by atoms with van der Waals surface area (Å²) < 4.78 is 29.1. The average molecular weight is 409 g/mol. The van der Waals surface area contributed by atoms with E-state index >= 15 is 0 Å². The minimum atomic E-state index is -0.326. The fourth-order valence-corrected chi connectivity index (χ4v) is 2.89. The quantitative estimate of drug-likeness (QED) is 0.602. The molecule has 4 rings (SSSR count). The van der Waals surface area contributed by atoms with E-state index in [0.717, 1.165) is 6.42 Å². The molecule has 8 heteroatoms. The third-order valence-corrected chi connectivity index (χ3v) is 4.57. The SMILES string of the molecule is O=C(COc1ccc(-c2nc(-c3ccc(F)cc3)no2)cc1)NCC1=CCOCC1. The van der Waals surface area contributed by atoms with E-state index in [1.165, 1.54) is 17.7 Å². The first-order valence-corrected chi connectivity index (χ1v) is 9.52. The van der Waals surface area contributed by atoms with E-state index in [1.54, 1.807) is 36.4 Å². The van der Waals surface area contributed by atoms with Gasteiger partial charge in [-0.3, -0.25) is 4.79 Å². The summed E-state index contributed by atoms with van der Waals surface area (Å²) in [7, 11) is 0. The van der Waals surface area contributed by atoms with Crippen LogP contribution in [0.25, 0.3) is 22.8 Å². The maximum absolute atomic E-state index is 13.0. The lowest BCUT2D eigenvalue weighted by Crippen LogP contribution is -2.31. The van der Waals surface area contributed by atoms with Crippen molar-refractivity contribution >= 4 is 5.91 Å². The molecular weight excluding hydrogens is 389 g/mol. The maximum atomic E-state index is 13.0. The van der Waals surface area contributed by atoms with Crippen molar-refractivity contribution in [2.24, 2.45) is 0 Å². The summed E-state index contributed by atoms with van der Waals surface area (Å²) in [5.41, 5.74) is 2.53. The summed E-state index contributed by atoms with van der Waals surface area (Å²) in [5.74, 6) is 0.752. The van der Waals surface area contributed by atoms with Gasteiger partial charge in [0.1, 0.15) is 11.6 Å². The topological polar surface area (TPSA) is 86.5 Å². The standard InChI is InChI=1S/C22H20FN3O4/c23-18-5-1-16(2-6-18)21-25-22(30-26-21)17-3-7-19(8-4-17)29-14-20(27)24-13-15-9-11-28-12-10-15/h1-9H,10-14H2,(H,24,27). The second-order valence-electron chi connectivity index (χ2n) is 6.71. The van der Waals surface area contributed by atoms with Gasteiger partial charge in [-0.25, -0.2) is 4.39 Å². The van der Waals surface area contributed by atoms with Crippen molar-refractivity contribution in [1.82, 2.24) is 15.5 Å². The third-order valence-electron chi connectivity index (χ3n) is 4.57. The molecule has 1 aliphatic rings. The molecule has 0 bridgehead atoms. The predicted octanol–water partition coefficient (Wildman–Crippen LogP) is 3.38. The number of carbonyl (C=O) groups excluding carboxylic acids is 1. The zero-order chi connectivity index (χ0) is 20.8. The van der Waals surface area contributed by atoms with Crippen LogP contribution in [0.4, 0.5) is 4.39 Å². The van der Waals surface area contributed by atoms with Crippen molar-refractivity contribution < 1.29 is 23.2 Å². The first-order chi connectivity index (χ1) is 14.7. The van der Waals surface area contributed by atoms with E-state index in [2.05, 4.69) is 15.5 Å². The van der Waals surface area contributed by atoms with E-state index in [4.69, 9.17) is 14.0 Å². The molecule has 0 atom stereocenters. The molecule has 1 aromatic heterocycles. The minimum absolute atomic E-state index is 0.0710. The number of nitrogens with one attached hydrogen (secondary N) is 1. The molecular formula is C22H20FN3O4. The lowest BCUT2D eigenvalue weighted by molar-refractivity contribution is -0.122. The van der Waals surface area contributed by atoms with Gasteiger partial charge in [-0.05, 0) is 55.0 Å². The van der Waals surface area contributed by atoms with Crippen LogP contribution in [0.2, 0.25) is 0 Å². The number of carbonyl (C=O) groups is 1. The predicted molar refractivity (Wildman–Crippen MR) is 107 cm³/mol. The van der Waals surface area contributed by atoms with Crippen molar-refractivity contribution in [2.45, 2.75) is 6.42 Å². The summed E-state index contributed by atoms with van der Waals surface area (Å²) in [5, 5.41) is 6.77. The molecule has 2 aromatic carbocycles. The largest absolute Gasteiger partial charge is 0.484 e. The summed E-state index contributed by atoms with van der Waals surface area (Å²) in [4.78, 5) is 16.3. The molecule has 1 aliphatic heterocycles. The van der Waals surface area contributed by atoms with Gasteiger partial charge in [-0.2, -0.15) is 4.98 Å². The highest BCUT2D eigenvalue weighted by Gasteiger charge is 2.11. The van der Waals surface area contributed by atoms with E-state index in [9.17, 15) is 9.18 Å². The lowest BCUT2D eigenvalue weighted by Gasteiger charge is -2.14. The fourth-order valence-electron chi connectivity index (χ4n) is 2.89. The van der Waals surface area contributed by atoms with Crippen LogP contribution in [0.5, 0.6) is 5.75 Å². The number of rotatable bonds is 7. The molecule has 30 heavy (non-hydrogen) atoms.